The molecule has 0 fully saturated rings. The van der Waals surface area contributed by atoms with Crippen LogP contribution in [0, 0.1) is 5.92 Å². The molecule has 142 valence electrons. The van der Waals surface area contributed by atoms with Crippen molar-refractivity contribution >= 4 is 12.0 Å². The highest BCUT2D eigenvalue weighted by atomic mass is 16.6. The second-order valence-electron chi connectivity index (χ2n) is 5.69. The van der Waals surface area contributed by atoms with Crippen molar-refractivity contribution in [1.82, 2.24) is 10.6 Å². The van der Waals surface area contributed by atoms with Gasteiger partial charge in [-0.05, 0) is 26.7 Å². The van der Waals surface area contributed by atoms with Gasteiger partial charge in [-0.25, -0.2) is 4.79 Å². The van der Waals surface area contributed by atoms with Gasteiger partial charge in [-0.3, -0.25) is 4.79 Å². The molecule has 0 radical (unpaired) electrons. The number of likely N-dealkylation sites (N-methyl/N-ethyl adjacent to an activating group) is 1. The Morgan fingerprint density at radius 1 is 1.00 bits per heavy atom. The van der Waals surface area contributed by atoms with Crippen LogP contribution in [0.4, 0.5) is 4.79 Å². The molecule has 0 spiro atoms. The number of hydrogen-bond donors (Lipinski definition) is 2. The number of carbonyl (C=O) groups excluding carboxylic acids is 2. The maximum Gasteiger partial charge on any atom is 0.408 e. The van der Waals surface area contributed by atoms with Gasteiger partial charge in [-0.15, -0.1) is 0 Å². The van der Waals surface area contributed by atoms with Gasteiger partial charge in [0.15, 0.2) is 0 Å². The standard InChI is InChI=1S/C11H22N2O3.C3H8.2C2H6/c1-7(2)8(9(14)12-6)13-10(15)16-11(3,4)5;1-3-2;2*1-2/h7-8H,1-6H3,(H,12,14)(H,13,15);3H2,1-2H3;2*1-2H3. The third-order valence-corrected chi connectivity index (χ3v) is 1.87. The van der Waals surface area contributed by atoms with Gasteiger partial charge in [0.05, 0.1) is 0 Å². The lowest BCUT2D eigenvalue weighted by molar-refractivity contribution is -0.123. The fourth-order valence-electron chi connectivity index (χ4n) is 1.12. The minimum atomic E-state index is -0.574. The second-order valence-corrected chi connectivity index (χ2v) is 5.69. The van der Waals surface area contributed by atoms with E-state index in [4.69, 9.17) is 4.74 Å². The summed E-state index contributed by atoms with van der Waals surface area (Å²) in [6.45, 7) is 21.3. The van der Waals surface area contributed by atoms with Crippen molar-refractivity contribution in [2.75, 3.05) is 7.05 Å². The Kier molecular flexibility index (Phi) is 24.3. The highest BCUT2D eigenvalue weighted by molar-refractivity contribution is 5.85. The lowest BCUT2D eigenvalue weighted by Crippen LogP contribution is -2.50. The molecule has 0 aliphatic rings. The summed E-state index contributed by atoms with van der Waals surface area (Å²) in [7, 11) is 1.54. The van der Waals surface area contributed by atoms with Crippen LogP contribution in [0.5, 0.6) is 0 Å². The summed E-state index contributed by atoms with van der Waals surface area (Å²) in [4.78, 5) is 23.0. The first kappa shape index (κ1) is 29.7. The molecule has 0 bridgehead atoms. The summed E-state index contributed by atoms with van der Waals surface area (Å²) >= 11 is 0. The zero-order valence-electron chi connectivity index (χ0n) is 17.6. The Balaban J connectivity index is -0.000000222. The van der Waals surface area contributed by atoms with Crippen molar-refractivity contribution in [2.45, 2.75) is 94.2 Å². The number of nitrogens with one attached hydrogen (secondary N) is 2. The van der Waals surface area contributed by atoms with Crippen molar-refractivity contribution in [1.29, 1.82) is 0 Å². The average Bonchev–Trinajstić information content (AvgIpc) is 2.47. The van der Waals surface area contributed by atoms with Gasteiger partial charge in [0, 0.05) is 7.05 Å². The molecular weight excluding hydrogens is 292 g/mol. The molecule has 0 aromatic heterocycles. The van der Waals surface area contributed by atoms with E-state index in [1.54, 1.807) is 20.8 Å². The minimum absolute atomic E-state index is 0.00692. The Labute approximate surface area is 144 Å². The SMILES string of the molecule is CC.CC.CCC.CNC(=O)C(NC(=O)OC(C)(C)C)C(C)C. The number of carbonyl (C=O) groups is 2. The molecule has 5 nitrogen and oxygen atoms in total. The van der Waals surface area contributed by atoms with E-state index in [-0.39, 0.29) is 11.8 Å². The van der Waals surface area contributed by atoms with Crippen LogP contribution in [0.2, 0.25) is 0 Å². The minimum Gasteiger partial charge on any atom is -0.444 e. The molecule has 1 atom stereocenters. The number of hydrogen-bond acceptors (Lipinski definition) is 3. The summed E-state index contributed by atoms with van der Waals surface area (Å²) in [5.74, 6) is -0.215. The molecule has 1 unspecified atom stereocenters. The number of ether oxygens (including phenoxy) is 1. The molecule has 0 saturated carbocycles. The number of rotatable bonds is 3. The first-order chi connectivity index (χ1) is 10.6. The van der Waals surface area contributed by atoms with E-state index < -0.39 is 17.7 Å². The van der Waals surface area contributed by atoms with E-state index in [0.717, 1.165) is 0 Å². The van der Waals surface area contributed by atoms with Gasteiger partial charge in [0.25, 0.3) is 0 Å². The Morgan fingerprint density at radius 2 is 1.35 bits per heavy atom. The van der Waals surface area contributed by atoms with Gasteiger partial charge < -0.3 is 15.4 Å². The highest BCUT2D eigenvalue weighted by Crippen LogP contribution is 2.08. The molecule has 0 rings (SSSR count). The maximum absolute atomic E-state index is 11.5. The van der Waals surface area contributed by atoms with Crippen molar-refractivity contribution in [3.8, 4) is 0 Å². The topological polar surface area (TPSA) is 67.4 Å². The highest BCUT2D eigenvalue weighted by Gasteiger charge is 2.25. The lowest BCUT2D eigenvalue weighted by Gasteiger charge is -2.24. The van der Waals surface area contributed by atoms with Gasteiger partial charge in [-0.2, -0.15) is 0 Å². The third-order valence-electron chi connectivity index (χ3n) is 1.87. The molecule has 0 heterocycles. The number of alkyl carbamates (subject to hydrolysis) is 1. The van der Waals surface area contributed by atoms with E-state index in [2.05, 4.69) is 24.5 Å². The molecule has 0 aliphatic heterocycles. The van der Waals surface area contributed by atoms with Crippen LogP contribution in [0.15, 0.2) is 0 Å². The van der Waals surface area contributed by atoms with Crippen LogP contribution in [-0.2, 0) is 9.53 Å². The fraction of sp³-hybridized carbons (Fsp3) is 0.889. The smallest absolute Gasteiger partial charge is 0.408 e. The first-order valence-electron chi connectivity index (χ1n) is 8.80. The average molecular weight is 335 g/mol. The maximum atomic E-state index is 11.5. The summed E-state index contributed by atoms with van der Waals surface area (Å²) in [6.07, 6.45) is 0.676. The third kappa shape index (κ3) is 23.1. The molecule has 0 saturated heterocycles. The molecular formula is C18H42N2O3. The first-order valence-corrected chi connectivity index (χ1v) is 8.80. The molecule has 23 heavy (non-hydrogen) atoms. The Morgan fingerprint density at radius 3 is 1.57 bits per heavy atom. The predicted molar refractivity (Wildman–Crippen MR) is 101 cm³/mol. The predicted octanol–water partition coefficient (Wildman–Crippen LogP) is 4.75. The van der Waals surface area contributed by atoms with E-state index in [0.29, 0.717) is 0 Å². The van der Waals surface area contributed by atoms with E-state index in [1.165, 1.54) is 13.5 Å². The molecule has 0 aliphatic carbocycles. The van der Waals surface area contributed by atoms with Gasteiger partial charge in [0.1, 0.15) is 11.6 Å². The summed E-state index contributed by atoms with van der Waals surface area (Å²) in [5.41, 5.74) is -0.561. The number of amides is 2. The van der Waals surface area contributed by atoms with Gasteiger partial charge in [-0.1, -0.05) is 61.8 Å². The molecule has 2 amide bonds. The van der Waals surface area contributed by atoms with E-state index in [1.807, 2.05) is 41.5 Å². The second kappa shape index (κ2) is 18.8. The summed E-state index contributed by atoms with van der Waals surface area (Å²) in [6, 6.07) is -0.570. The van der Waals surface area contributed by atoms with Crippen LogP contribution in [-0.4, -0.2) is 30.7 Å². The van der Waals surface area contributed by atoms with Crippen LogP contribution in [0.1, 0.15) is 82.6 Å². The Hall–Kier alpha value is -1.26. The van der Waals surface area contributed by atoms with Crippen molar-refractivity contribution in [3.63, 3.8) is 0 Å². The quantitative estimate of drug-likeness (QED) is 0.782. The van der Waals surface area contributed by atoms with E-state index in [9.17, 15) is 9.59 Å². The van der Waals surface area contributed by atoms with Crippen LogP contribution in [0.3, 0.4) is 0 Å². The lowest BCUT2D eigenvalue weighted by atomic mass is 10.0. The van der Waals surface area contributed by atoms with Crippen molar-refractivity contribution in [2.24, 2.45) is 5.92 Å². The van der Waals surface area contributed by atoms with Crippen molar-refractivity contribution in [3.05, 3.63) is 0 Å². The molecule has 2 N–H and O–H groups in total. The zero-order valence-corrected chi connectivity index (χ0v) is 17.6. The normalized spacial score (nSPS) is 10.5. The van der Waals surface area contributed by atoms with Crippen LogP contribution in [0.25, 0.3) is 0 Å². The summed E-state index contributed by atoms with van der Waals surface area (Å²) < 4.78 is 5.08. The van der Waals surface area contributed by atoms with E-state index >= 15 is 0 Å². The van der Waals surface area contributed by atoms with Gasteiger partial charge >= 0.3 is 6.09 Å². The Bertz CT molecular complexity index is 272. The zero-order chi connectivity index (χ0) is 19.6. The van der Waals surface area contributed by atoms with Crippen molar-refractivity contribution < 1.29 is 14.3 Å². The largest absolute Gasteiger partial charge is 0.444 e. The molecule has 5 heteroatoms. The fourth-order valence-corrected chi connectivity index (χ4v) is 1.12. The molecule has 0 aromatic carbocycles. The molecule has 0 aromatic rings. The van der Waals surface area contributed by atoms with Crippen LogP contribution >= 0.6 is 0 Å². The monoisotopic (exact) mass is 334 g/mol. The van der Waals surface area contributed by atoms with Crippen LogP contribution < -0.4 is 10.6 Å². The van der Waals surface area contributed by atoms with Gasteiger partial charge in [0.2, 0.25) is 5.91 Å². The summed E-state index contributed by atoms with van der Waals surface area (Å²) in [5, 5.41) is 5.06.